The number of nitrogens with zero attached hydrogens (tertiary/aromatic N) is 2. The lowest BCUT2D eigenvalue weighted by Crippen LogP contribution is -2.23. The van der Waals surface area contributed by atoms with Gasteiger partial charge >= 0.3 is 0 Å². The van der Waals surface area contributed by atoms with Gasteiger partial charge in [-0.3, -0.25) is 9.59 Å². The van der Waals surface area contributed by atoms with E-state index < -0.39 is 5.91 Å². The number of primary amides is 1. The average molecular weight is 347 g/mol. The maximum Gasteiger partial charge on any atom is 0.257 e. The van der Waals surface area contributed by atoms with Crippen molar-refractivity contribution in [2.24, 2.45) is 5.73 Å². The Morgan fingerprint density at radius 3 is 2.38 bits per heavy atom. The number of pyridine rings is 1. The molecule has 24 heavy (non-hydrogen) atoms. The quantitative estimate of drug-likeness (QED) is 0.841. The van der Waals surface area contributed by atoms with Crippen LogP contribution in [0.5, 0.6) is 0 Å². The van der Waals surface area contributed by atoms with E-state index in [-0.39, 0.29) is 11.5 Å². The molecule has 0 spiro atoms. The van der Waals surface area contributed by atoms with Crippen molar-refractivity contribution in [1.82, 2.24) is 4.98 Å². The van der Waals surface area contributed by atoms with E-state index in [0.29, 0.717) is 16.3 Å². The summed E-state index contributed by atoms with van der Waals surface area (Å²) >= 11 is 6.05. The van der Waals surface area contributed by atoms with Crippen molar-refractivity contribution in [3.63, 3.8) is 0 Å². The number of rotatable bonds is 6. The Morgan fingerprint density at radius 1 is 1.17 bits per heavy atom. The SMILES string of the molecule is CCN(CC)c1ccc(C(=O)Nc2cc(C(N)=O)ccc2Cl)cn1. The van der Waals surface area contributed by atoms with E-state index in [2.05, 4.69) is 15.2 Å². The van der Waals surface area contributed by atoms with Crippen LogP contribution in [0.2, 0.25) is 5.02 Å². The first-order chi connectivity index (χ1) is 11.5. The first kappa shape index (κ1) is 17.7. The second kappa shape index (κ2) is 7.79. The van der Waals surface area contributed by atoms with E-state index in [1.54, 1.807) is 12.1 Å². The van der Waals surface area contributed by atoms with Crippen LogP contribution in [0, 0.1) is 0 Å². The monoisotopic (exact) mass is 346 g/mol. The molecular weight excluding hydrogens is 328 g/mol. The third-order valence-electron chi connectivity index (χ3n) is 3.60. The van der Waals surface area contributed by atoms with E-state index in [0.717, 1.165) is 18.9 Å². The standard InChI is InChI=1S/C17H19ClN4O2/c1-3-22(4-2)15-8-6-12(10-20-15)17(24)21-14-9-11(16(19)23)5-7-13(14)18/h5-10H,3-4H2,1-2H3,(H2,19,23)(H,21,24). The summed E-state index contributed by atoms with van der Waals surface area (Å²) < 4.78 is 0. The summed E-state index contributed by atoms with van der Waals surface area (Å²) in [6.07, 6.45) is 1.51. The summed E-state index contributed by atoms with van der Waals surface area (Å²) in [5.74, 6) is -0.144. The van der Waals surface area contributed by atoms with Crippen LogP contribution in [-0.4, -0.2) is 29.9 Å². The van der Waals surface area contributed by atoms with Crippen LogP contribution >= 0.6 is 11.6 Å². The van der Waals surface area contributed by atoms with Crippen LogP contribution in [0.1, 0.15) is 34.6 Å². The Kier molecular flexibility index (Phi) is 5.76. The molecule has 0 bridgehead atoms. The molecule has 2 amide bonds. The molecule has 126 valence electrons. The summed E-state index contributed by atoms with van der Waals surface area (Å²) in [6, 6.07) is 7.95. The zero-order valence-electron chi connectivity index (χ0n) is 13.5. The maximum atomic E-state index is 12.3. The van der Waals surface area contributed by atoms with Crippen molar-refractivity contribution >= 4 is 34.9 Å². The van der Waals surface area contributed by atoms with E-state index >= 15 is 0 Å². The highest BCUT2D eigenvalue weighted by Crippen LogP contribution is 2.23. The van der Waals surface area contributed by atoms with Gasteiger partial charge in [-0.15, -0.1) is 0 Å². The molecular formula is C17H19ClN4O2. The van der Waals surface area contributed by atoms with Crippen LogP contribution in [-0.2, 0) is 0 Å². The highest BCUT2D eigenvalue weighted by Gasteiger charge is 2.12. The number of carbonyl (C=O) groups excluding carboxylic acids is 2. The first-order valence-corrected chi connectivity index (χ1v) is 7.95. The van der Waals surface area contributed by atoms with Gasteiger partial charge in [-0.25, -0.2) is 4.98 Å². The Hall–Kier alpha value is -2.60. The minimum absolute atomic E-state index is 0.268. The van der Waals surface area contributed by atoms with Crippen LogP contribution in [0.25, 0.3) is 0 Å². The fourth-order valence-corrected chi connectivity index (χ4v) is 2.39. The number of halogens is 1. The minimum Gasteiger partial charge on any atom is -0.366 e. The normalized spacial score (nSPS) is 10.3. The molecule has 0 aliphatic heterocycles. The van der Waals surface area contributed by atoms with Gasteiger partial charge in [0.25, 0.3) is 5.91 Å². The van der Waals surface area contributed by atoms with Gasteiger partial charge in [-0.1, -0.05) is 11.6 Å². The van der Waals surface area contributed by atoms with E-state index in [9.17, 15) is 9.59 Å². The number of nitrogens with one attached hydrogen (secondary N) is 1. The second-order valence-corrected chi connectivity index (χ2v) is 5.50. The summed E-state index contributed by atoms with van der Waals surface area (Å²) in [5.41, 5.74) is 6.22. The number of amides is 2. The number of benzene rings is 1. The summed E-state index contributed by atoms with van der Waals surface area (Å²) in [4.78, 5) is 29.9. The van der Waals surface area contributed by atoms with Gasteiger partial charge in [0.1, 0.15) is 5.82 Å². The highest BCUT2D eigenvalue weighted by molar-refractivity contribution is 6.34. The van der Waals surface area contributed by atoms with Gasteiger partial charge in [-0.2, -0.15) is 0 Å². The third kappa shape index (κ3) is 4.02. The average Bonchev–Trinajstić information content (AvgIpc) is 2.58. The smallest absolute Gasteiger partial charge is 0.257 e. The predicted octanol–water partition coefficient (Wildman–Crippen LogP) is 2.93. The number of carbonyl (C=O) groups is 2. The Balaban J connectivity index is 2.18. The lowest BCUT2D eigenvalue weighted by atomic mass is 10.2. The van der Waals surface area contributed by atoms with Crippen LogP contribution in [0.4, 0.5) is 11.5 Å². The number of anilines is 2. The second-order valence-electron chi connectivity index (χ2n) is 5.09. The Morgan fingerprint density at radius 2 is 1.83 bits per heavy atom. The molecule has 0 fully saturated rings. The van der Waals surface area contributed by atoms with Crippen molar-refractivity contribution < 1.29 is 9.59 Å². The summed E-state index contributed by atoms with van der Waals surface area (Å²) in [6.45, 7) is 5.76. The van der Waals surface area contributed by atoms with E-state index in [1.807, 2.05) is 13.8 Å². The van der Waals surface area contributed by atoms with Crippen molar-refractivity contribution in [2.45, 2.75) is 13.8 Å². The summed E-state index contributed by atoms with van der Waals surface area (Å²) in [5, 5.41) is 2.99. The number of aromatic nitrogens is 1. The van der Waals surface area contributed by atoms with Crippen molar-refractivity contribution in [3.8, 4) is 0 Å². The van der Waals surface area contributed by atoms with Gasteiger partial charge < -0.3 is 16.0 Å². The lowest BCUT2D eigenvalue weighted by Gasteiger charge is -2.19. The molecule has 0 unspecified atom stereocenters. The fourth-order valence-electron chi connectivity index (χ4n) is 2.22. The zero-order chi connectivity index (χ0) is 17.7. The molecule has 0 radical (unpaired) electrons. The highest BCUT2D eigenvalue weighted by atomic mass is 35.5. The molecule has 3 N–H and O–H groups in total. The topological polar surface area (TPSA) is 88.3 Å². The minimum atomic E-state index is -0.590. The van der Waals surface area contributed by atoms with Gasteiger partial charge in [0.2, 0.25) is 5.91 Å². The molecule has 7 heteroatoms. The molecule has 0 aliphatic rings. The molecule has 0 saturated heterocycles. The zero-order valence-corrected chi connectivity index (χ0v) is 14.3. The molecule has 1 heterocycles. The largest absolute Gasteiger partial charge is 0.366 e. The number of hydrogen-bond donors (Lipinski definition) is 2. The van der Waals surface area contributed by atoms with Crippen molar-refractivity contribution in [1.29, 1.82) is 0 Å². The Labute approximate surface area is 145 Å². The maximum absolute atomic E-state index is 12.3. The van der Waals surface area contributed by atoms with Gasteiger partial charge in [0.05, 0.1) is 16.3 Å². The lowest BCUT2D eigenvalue weighted by molar-refractivity contribution is 0.0996. The van der Waals surface area contributed by atoms with Crippen molar-refractivity contribution in [2.75, 3.05) is 23.3 Å². The van der Waals surface area contributed by atoms with Crippen molar-refractivity contribution in [3.05, 3.63) is 52.7 Å². The van der Waals surface area contributed by atoms with Gasteiger partial charge in [0.15, 0.2) is 0 Å². The number of hydrogen-bond acceptors (Lipinski definition) is 4. The molecule has 2 rings (SSSR count). The molecule has 1 aromatic carbocycles. The molecule has 0 atom stereocenters. The van der Waals surface area contributed by atoms with Crippen LogP contribution in [0.15, 0.2) is 36.5 Å². The van der Waals surface area contributed by atoms with Crippen LogP contribution in [0.3, 0.4) is 0 Å². The number of nitrogens with two attached hydrogens (primary N) is 1. The van der Waals surface area contributed by atoms with E-state index in [4.69, 9.17) is 17.3 Å². The summed E-state index contributed by atoms with van der Waals surface area (Å²) in [7, 11) is 0. The Bertz CT molecular complexity index is 743. The fraction of sp³-hybridized carbons (Fsp3) is 0.235. The molecule has 2 aromatic rings. The molecule has 0 aliphatic carbocycles. The van der Waals surface area contributed by atoms with Crippen LogP contribution < -0.4 is 16.0 Å². The molecule has 6 nitrogen and oxygen atoms in total. The van der Waals surface area contributed by atoms with Gasteiger partial charge in [-0.05, 0) is 44.2 Å². The predicted molar refractivity (Wildman–Crippen MR) is 95.7 cm³/mol. The molecule has 1 aromatic heterocycles. The first-order valence-electron chi connectivity index (χ1n) is 7.58. The third-order valence-corrected chi connectivity index (χ3v) is 3.93. The van der Waals surface area contributed by atoms with Gasteiger partial charge in [0, 0.05) is 24.8 Å². The molecule has 0 saturated carbocycles. The van der Waals surface area contributed by atoms with E-state index in [1.165, 1.54) is 24.4 Å².